The number of hydrogen-bond donors (Lipinski definition) is 2. The Labute approximate surface area is 183 Å². The van der Waals surface area contributed by atoms with Crippen LogP contribution in [0.2, 0.25) is 0 Å². The van der Waals surface area contributed by atoms with Crippen molar-refractivity contribution in [3.63, 3.8) is 0 Å². The summed E-state index contributed by atoms with van der Waals surface area (Å²) in [6.07, 6.45) is 0.873. The van der Waals surface area contributed by atoms with Crippen LogP contribution >= 0.6 is 15.9 Å². The molecule has 3 aromatic rings. The molecule has 0 spiro atoms. The van der Waals surface area contributed by atoms with Crippen molar-refractivity contribution in [2.75, 3.05) is 26.2 Å². The molecule has 0 bridgehead atoms. The minimum absolute atomic E-state index is 0.0829. The van der Waals surface area contributed by atoms with Gasteiger partial charge in [0.1, 0.15) is 12.4 Å². The number of para-hydroxylation sites is 1. The highest BCUT2D eigenvalue weighted by molar-refractivity contribution is 9.10. The summed E-state index contributed by atoms with van der Waals surface area (Å²) in [6.45, 7) is 2.86. The Kier molecular flexibility index (Phi) is 6.36. The Hall–Kier alpha value is -2.42. The number of aromatic nitrogens is 2. The summed E-state index contributed by atoms with van der Waals surface area (Å²) in [4.78, 5) is 13.4. The summed E-state index contributed by atoms with van der Waals surface area (Å²) in [5.74, 6) is -0.315. The number of carbonyl (C=O) groups is 1. The highest BCUT2D eigenvalue weighted by atomic mass is 79.9. The number of likely N-dealkylation sites (tertiary alicyclic amines) is 1. The number of ether oxygens (including phenoxy) is 1. The lowest BCUT2D eigenvalue weighted by molar-refractivity contribution is -0.136. The van der Waals surface area contributed by atoms with Crippen molar-refractivity contribution >= 4 is 32.8 Å². The van der Waals surface area contributed by atoms with E-state index in [0.717, 1.165) is 40.6 Å². The Balaban J connectivity index is 1.64. The van der Waals surface area contributed by atoms with Crippen molar-refractivity contribution in [2.24, 2.45) is 0 Å². The molecule has 7 nitrogen and oxygen atoms in total. The highest BCUT2D eigenvalue weighted by Crippen LogP contribution is 2.30. The van der Waals surface area contributed by atoms with Gasteiger partial charge >= 0.3 is 5.97 Å². The van der Waals surface area contributed by atoms with E-state index in [1.165, 1.54) is 0 Å². The Morgan fingerprint density at radius 3 is 2.90 bits per heavy atom. The summed E-state index contributed by atoms with van der Waals surface area (Å²) in [6, 6.07) is 13.4. The van der Waals surface area contributed by atoms with Gasteiger partial charge in [-0.05, 0) is 30.7 Å². The lowest BCUT2D eigenvalue weighted by Gasteiger charge is -2.17. The fourth-order valence-electron chi connectivity index (χ4n) is 4.03. The molecular weight excluding hydrogens is 450 g/mol. The number of rotatable bonds is 8. The van der Waals surface area contributed by atoms with Crippen molar-refractivity contribution in [3.8, 4) is 5.75 Å². The van der Waals surface area contributed by atoms with Crippen LogP contribution in [0.5, 0.6) is 5.75 Å². The van der Waals surface area contributed by atoms with Crippen molar-refractivity contribution < 1.29 is 19.7 Å². The zero-order valence-electron chi connectivity index (χ0n) is 16.5. The van der Waals surface area contributed by atoms with Crippen LogP contribution in [-0.4, -0.2) is 57.1 Å². The maximum absolute atomic E-state index is 11.2. The number of aliphatic carboxylic acids is 1. The van der Waals surface area contributed by atoms with Crippen molar-refractivity contribution in [2.45, 2.75) is 25.5 Å². The molecule has 0 radical (unpaired) electrons. The van der Waals surface area contributed by atoms with Gasteiger partial charge in [0.05, 0.1) is 30.3 Å². The maximum Gasteiger partial charge on any atom is 0.307 e. The molecule has 2 heterocycles. The van der Waals surface area contributed by atoms with E-state index in [2.05, 4.69) is 20.8 Å². The number of halogens is 1. The van der Waals surface area contributed by atoms with E-state index in [1.54, 1.807) is 12.1 Å². The molecule has 1 atom stereocenters. The number of aliphatic hydroxyl groups is 1. The number of fused-ring (bicyclic) bond motifs is 1. The third-order valence-electron chi connectivity index (χ3n) is 5.45. The number of hydrogen-bond acceptors (Lipinski definition) is 5. The monoisotopic (exact) mass is 473 g/mol. The molecule has 0 saturated carbocycles. The lowest BCUT2D eigenvalue weighted by Crippen LogP contribution is -2.25. The molecule has 2 aromatic carbocycles. The van der Waals surface area contributed by atoms with Crippen LogP contribution in [0.15, 0.2) is 46.9 Å². The zero-order chi connectivity index (χ0) is 21.1. The second-order valence-electron chi connectivity index (χ2n) is 7.49. The predicted molar refractivity (Wildman–Crippen MR) is 117 cm³/mol. The number of nitrogens with zero attached hydrogens (tertiary/aromatic N) is 3. The molecule has 0 amide bonds. The first-order valence-electron chi connectivity index (χ1n) is 9.97. The fourth-order valence-corrected chi connectivity index (χ4v) is 4.39. The zero-order valence-corrected chi connectivity index (χ0v) is 18.1. The fraction of sp³-hybridized carbons (Fsp3) is 0.364. The van der Waals surface area contributed by atoms with Crippen molar-refractivity contribution in [3.05, 3.63) is 58.2 Å². The van der Waals surface area contributed by atoms with Gasteiger partial charge in [-0.25, -0.2) is 0 Å². The smallest absolute Gasteiger partial charge is 0.307 e. The standard InChI is InChI=1S/C22H24BrN3O4/c23-16-5-6-19-18(12-16)20(26(24-19)17-7-8-25(13-17)9-10-27)14-30-21-4-2-1-3-15(21)11-22(28)29/h1-6,12,17,27H,7-11,13-14H2,(H,28,29). The molecule has 4 rings (SSSR count). The van der Waals surface area contributed by atoms with Gasteiger partial charge in [0, 0.05) is 35.1 Å². The van der Waals surface area contributed by atoms with E-state index < -0.39 is 5.97 Å². The quantitative estimate of drug-likeness (QED) is 0.522. The van der Waals surface area contributed by atoms with Gasteiger partial charge in [-0.15, -0.1) is 0 Å². The van der Waals surface area contributed by atoms with Crippen LogP contribution in [0.1, 0.15) is 23.7 Å². The third kappa shape index (κ3) is 4.50. The number of carboxylic acid groups (broad SMARTS) is 1. The van der Waals surface area contributed by atoms with Crippen molar-refractivity contribution in [1.29, 1.82) is 0 Å². The molecular formula is C22H24BrN3O4. The molecule has 1 aromatic heterocycles. The Bertz CT molecular complexity index is 1050. The molecule has 1 saturated heterocycles. The lowest BCUT2D eigenvalue weighted by atomic mass is 10.1. The van der Waals surface area contributed by atoms with Crippen LogP contribution in [0.25, 0.3) is 10.9 Å². The van der Waals surface area contributed by atoms with Gasteiger partial charge in [-0.3, -0.25) is 14.4 Å². The molecule has 1 fully saturated rings. The van der Waals surface area contributed by atoms with E-state index in [-0.39, 0.29) is 19.1 Å². The van der Waals surface area contributed by atoms with Gasteiger partial charge in [0.2, 0.25) is 0 Å². The summed E-state index contributed by atoms with van der Waals surface area (Å²) < 4.78 is 9.13. The topological polar surface area (TPSA) is 87.8 Å². The normalized spacial score (nSPS) is 16.9. The van der Waals surface area contributed by atoms with Crippen LogP contribution in [0.4, 0.5) is 0 Å². The van der Waals surface area contributed by atoms with Gasteiger partial charge in [0.15, 0.2) is 0 Å². The van der Waals surface area contributed by atoms with Gasteiger partial charge < -0.3 is 14.9 Å². The van der Waals surface area contributed by atoms with Crippen LogP contribution in [0, 0.1) is 0 Å². The van der Waals surface area contributed by atoms with Gasteiger partial charge in [0.25, 0.3) is 0 Å². The van der Waals surface area contributed by atoms with Crippen molar-refractivity contribution in [1.82, 2.24) is 14.7 Å². The summed E-state index contributed by atoms with van der Waals surface area (Å²) in [5.41, 5.74) is 2.51. The first kappa shape index (κ1) is 20.8. The molecule has 8 heteroatoms. The van der Waals surface area contributed by atoms with Gasteiger partial charge in [-0.2, -0.15) is 5.10 Å². The second kappa shape index (κ2) is 9.16. The number of β-amino-alcohol motifs (C(OH)–C–C–N with tert-alkyl or cyclic N) is 1. The first-order valence-corrected chi connectivity index (χ1v) is 10.8. The van der Waals surface area contributed by atoms with E-state index in [1.807, 2.05) is 35.0 Å². The Morgan fingerprint density at radius 1 is 1.27 bits per heavy atom. The first-order chi connectivity index (χ1) is 14.5. The molecule has 1 aliphatic rings. The summed E-state index contributed by atoms with van der Waals surface area (Å²) >= 11 is 3.55. The SMILES string of the molecule is O=C(O)Cc1ccccc1OCc1c2cc(Br)ccc2nn1C1CCN(CCO)C1. The van der Waals surface area contributed by atoms with Crippen LogP contribution in [0.3, 0.4) is 0 Å². The van der Waals surface area contributed by atoms with E-state index in [0.29, 0.717) is 24.5 Å². The second-order valence-corrected chi connectivity index (χ2v) is 8.40. The average molecular weight is 474 g/mol. The summed E-state index contributed by atoms with van der Waals surface area (Å²) in [7, 11) is 0. The molecule has 2 N–H and O–H groups in total. The third-order valence-corrected chi connectivity index (χ3v) is 5.94. The molecule has 1 unspecified atom stereocenters. The number of benzene rings is 2. The predicted octanol–water partition coefficient (Wildman–Crippen LogP) is 3.24. The van der Waals surface area contributed by atoms with Crippen LogP contribution in [-0.2, 0) is 17.8 Å². The summed E-state index contributed by atoms with van der Waals surface area (Å²) in [5, 5.41) is 24.3. The minimum Gasteiger partial charge on any atom is -0.487 e. The van der Waals surface area contributed by atoms with Gasteiger partial charge in [-0.1, -0.05) is 34.1 Å². The van der Waals surface area contributed by atoms with E-state index >= 15 is 0 Å². The molecule has 1 aliphatic heterocycles. The highest BCUT2D eigenvalue weighted by Gasteiger charge is 2.27. The largest absolute Gasteiger partial charge is 0.487 e. The maximum atomic E-state index is 11.2. The minimum atomic E-state index is -0.889. The van der Waals surface area contributed by atoms with E-state index in [4.69, 9.17) is 9.84 Å². The van der Waals surface area contributed by atoms with Crippen LogP contribution < -0.4 is 4.74 Å². The molecule has 30 heavy (non-hydrogen) atoms. The number of carboxylic acids is 1. The van der Waals surface area contributed by atoms with E-state index in [9.17, 15) is 15.0 Å². The average Bonchev–Trinajstić information content (AvgIpc) is 3.31. The molecule has 0 aliphatic carbocycles. The molecule has 158 valence electrons. The number of aliphatic hydroxyl groups excluding tert-OH is 1. The Morgan fingerprint density at radius 2 is 2.10 bits per heavy atom.